The molecule has 1 amide bonds. The topological polar surface area (TPSA) is 57.6 Å². The first-order valence-corrected chi connectivity index (χ1v) is 7.62. The van der Waals surface area contributed by atoms with Gasteiger partial charge in [0.05, 0.1) is 9.70 Å². The lowest BCUT2D eigenvalue weighted by Crippen LogP contribution is -2.39. The fourth-order valence-corrected chi connectivity index (χ4v) is 3.35. The number of carboxylic acids is 1. The molecule has 1 aliphatic rings. The Morgan fingerprint density at radius 2 is 2.05 bits per heavy atom. The number of carbonyl (C=O) groups is 2. The first kappa shape index (κ1) is 14.3. The van der Waals surface area contributed by atoms with Gasteiger partial charge in [0, 0.05) is 24.0 Å². The van der Waals surface area contributed by atoms with Crippen molar-refractivity contribution in [3.63, 3.8) is 0 Å². The smallest absolute Gasteiger partial charge is 0.306 e. The highest BCUT2D eigenvalue weighted by Crippen LogP contribution is 2.23. The average Bonchev–Trinajstić information content (AvgIpc) is 2.82. The zero-order chi connectivity index (χ0) is 13.8. The molecule has 0 saturated carbocycles. The molecule has 6 heteroatoms. The molecule has 2 rings (SSSR count). The van der Waals surface area contributed by atoms with E-state index in [4.69, 9.17) is 5.11 Å². The first-order chi connectivity index (χ1) is 9.06. The number of piperidine rings is 1. The summed E-state index contributed by atoms with van der Waals surface area (Å²) in [5.41, 5.74) is 0. The molecule has 2 heterocycles. The molecule has 0 aliphatic carbocycles. The van der Waals surface area contributed by atoms with Crippen LogP contribution in [-0.4, -0.2) is 35.0 Å². The molecule has 0 atom stereocenters. The number of carbonyl (C=O) groups excluding carboxylic acids is 1. The third-order valence-electron chi connectivity index (χ3n) is 3.14. The van der Waals surface area contributed by atoms with Gasteiger partial charge in [-0.3, -0.25) is 9.59 Å². The van der Waals surface area contributed by atoms with Crippen LogP contribution >= 0.6 is 27.3 Å². The van der Waals surface area contributed by atoms with Crippen LogP contribution in [0.5, 0.6) is 0 Å². The van der Waals surface area contributed by atoms with Crippen molar-refractivity contribution in [3.8, 4) is 0 Å². The van der Waals surface area contributed by atoms with E-state index in [1.807, 2.05) is 12.1 Å². The van der Waals surface area contributed by atoms with Gasteiger partial charge in [-0.1, -0.05) is 0 Å². The van der Waals surface area contributed by atoms with Gasteiger partial charge in [-0.2, -0.15) is 0 Å². The summed E-state index contributed by atoms with van der Waals surface area (Å²) in [6.45, 7) is 1.04. The second kappa shape index (κ2) is 6.34. The number of likely N-dealkylation sites (tertiary alicyclic amines) is 1. The molecule has 0 aromatic carbocycles. The minimum atomic E-state index is -0.758. The standard InChI is InChI=1S/C13H14BrNO3S/c14-11-3-1-10(19-11)2-4-12(16)15-7-5-9(6-8-15)13(17)18/h1-4,9H,5-8H2,(H,17,18)/b4-2+. The molecule has 4 nitrogen and oxygen atoms in total. The Balaban J connectivity index is 1.88. The van der Waals surface area contributed by atoms with Crippen LogP contribution in [0.15, 0.2) is 22.0 Å². The molecule has 1 saturated heterocycles. The number of hydrogen-bond donors (Lipinski definition) is 1. The Kier molecular flexibility index (Phi) is 4.76. The van der Waals surface area contributed by atoms with Gasteiger partial charge in [0.15, 0.2) is 0 Å². The van der Waals surface area contributed by atoms with E-state index in [1.165, 1.54) is 0 Å². The number of carboxylic acid groups (broad SMARTS) is 1. The van der Waals surface area contributed by atoms with Crippen LogP contribution in [0.25, 0.3) is 6.08 Å². The largest absolute Gasteiger partial charge is 0.481 e. The summed E-state index contributed by atoms with van der Waals surface area (Å²) in [4.78, 5) is 25.5. The van der Waals surface area contributed by atoms with Crippen molar-refractivity contribution in [2.24, 2.45) is 5.92 Å². The number of halogens is 1. The first-order valence-electron chi connectivity index (χ1n) is 6.01. The molecule has 0 radical (unpaired) electrons. The van der Waals surface area contributed by atoms with Crippen LogP contribution in [0.3, 0.4) is 0 Å². The van der Waals surface area contributed by atoms with Crippen molar-refractivity contribution in [2.75, 3.05) is 13.1 Å². The third-order valence-corrected chi connectivity index (χ3v) is 4.73. The summed E-state index contributed by atoms with van der Waals surface area (Å²) < 4.78 is 1.03. The van der Waals surface area contributed by atoms with Gasteiger partial charge < -0.3 is 10.0 Å². The second-order valence-electron chi connectivity index (χ2n) is 4.41. The lowest BCUT2D eigenvalue weighted by Gasteiger charge is -2.29. The van der Waals surface area contributed by atoms with E-state index in [0.717, 1.165) is 8.66 Å². The quantitative estimate of drug-likeness (QED) is 0.858. The van der Waals surface area contributed by atoms with Crippen LogP contribution in [-0.2, 0) is 9.59 Å². The zero-order valence-electron chi connectivity index (χ0n) is 10.2. The van der Waals surface area contributed by atoms with Crippen LogP contribution < -0.4 is 0 Å². The Morgan fingerprint density at radius 3 is 2.58 bits per heavy atom. The van der Waals surface area contributed by atoms with Gasteiger partial charge in [-0.25, -0.2) is 0 Å². The van der Waals surface area contributed by atoms with Gasteiger partial charge >= 0.3 is 5.97 Å². The fraction of sp³-hybridized carbons (Fsp3) is 0.385. The third kappa shape index (κ3) is 3.91. The van der Waals surface area contributed by atoms with E-state index in [9.17, 15) is 9.59 Å². The Morgan fingerprint density at radius 1 is 1.37 bits per heavy atom. The van der Waals surface area contributed by atoms with Gasteiger partial charge in [-0.15, -0.1) is 11.3 Å². The highest BCUT2D eigenvalue weighted by atomic mass is 79.9. The van der Waals surface area contributed by atoms with Crippen molar-refractivity contribution < 1.29 is 14.7 Å². The maximum absolute atomic E-state index is 11.9. The molecular formula is C13H14BrNO3S. The minimum Gasteiger partial charge on any atom is -0.481 e. The van der Waals surface area contributed by atoms with Gasteiger partial charge in [0.2, 0.25) is 5.91 Å². The van der Waals surface area contributed by atoms with Crippen LogP contribution in [0, 0.1) is 5.92 Å². The number of amides is 1. The summed E-state index contributed by atoms with van der Waals surface area (Å²) >= 11 is 4.93. The molecule has 0 unspecified atom stereocenters. The fourth-order valence-electron chi connectivity index (χ4n) is 2.02. The van der Waals surface area contributed by atoms with Crippen molar-refractivity contribution in [3.05, 3.63) is 26.9 Å². The van der Waals surface area contributed by atoms with E-state index in [-0.39, 0.29) is 11.8 Å². The molecule has 1 fully saturated rings. The second-order valence-corrected chi connectivity index (χ2v) is 6.91. The Labute approximate surface area is 123 Å². The molecular weight excluding hydrogens is 330 g/mol. The monoisotopic (exact) mass is 343 g/mol. The Bertz CT molecular complexity index is 504. The van der Waals surface area contributed by atoms with Gasteiger partial charge in [0.25, 0.3) is 0 Å². The van der Waals surface area contributed by atoms with Gasteiger partial charge in [-0.05, 0) is 47.0 Å². The molecule has 1 aromatic heterocycles. The maximum atomic E-state index is 11.9. The molecule has 102 valence electrons. The van der Waals surface area contributed by atoms with Crippen LogP contribution in [0.4, 0.5) is 0 Å². The van der Waals surface area contributed by atoms with E-state index < -0.39 is 5.97 Å². The van der Waals surface area contributed by atoms with Crippen molar-refractivity contribution >= 4 is 45.2 Å². The van der Waals surface area contributed by atoms with Crippen LogP contribution in [0.1, 0.15) is 17.7 Å². The molecule has 0 bridgehead atoms. The lowest BCUT2D eigenvalue weighted by molar-refractivity contribution is -0.144. The van der Waals surface area contributed by atoms with E-state index >= 15 is 0 Å². The zero-order valence-corrected chi connectivity index (χ0v) is 12.6. The number of nitrogens with zero attached hydrogens (tertiary/aromatic N) is 1. The predicted molar refractivity (Wildman–Crippen MR) is 78.0 cm³/mol. The van der Waals surface area contributed by atoms with Crippen molar-refractivity contribution in [1.82, 2.24) is 4.90 Å². The van der Waals surface area contributed by atoms with E-state index in [1.54, 1.807) is 28.4 Å². The molecule has 1 N–H and O–H groups in total. The summed E-state index contributed by atoms with van der Waals surface area (Å²) in [5, 5.41) is 8.90. The summed E-state index contributed by atoms with van der Waals surface area (Å²) in [6, 6.07) is 3.88. The highest BCUT2D eigenvalue weighted by molar-refractivity contribution is 9.11. The molecule has 0 spiro atoms. The summed E-state index contributed by atoms with van der Waals surface area (Å²) in [5.74, 6) is -1.11. The number of aliphatic carboxylic acids is 1. The summed E-state index contributed by atoms with van der Waals surface area (Å²) in [6.07, 6.45) is 4.43. The predicted octanol–water partition coefficient (Wildman–Crippen LogP) is 2.85. The SMILES string of the molecule is O=C(O)C1CCN(C(=O)/C=C/c2ccc(Br)s2)CC1. The number of rotatable bonds is 3. The van der Waals surface area contributed by atoms with Crippen LogP contribution in [0.2, 0.25) is 0 Å². The molecule has 1 aliphatic heterocycles. The minimum absolute atomic E-state index is 0.0478. The average molecular weight is 344 g/mol. The number of thiophene rings is 1. The molecule has 1 aromatic rings. The van der Waals surface area contributed by atoms with Gasteiger partial charge in [0.1, 0.15) is 0 Å². The van der Waals surface area contributed by atoms with E-state index in [0.29, 0.717) is 25.9 Å². The number of hydrogen-bond acceptors (Lipinski definition) is 3. The van der Waals surface area contributed by atoms with Crippen molar-refractivity contribution in [2.45, 2.75) is 12.8 Å². The normalized spacial score (nSPS) is 17.0. The summed E-state index contributed by atoms with van der Waals surface area (Å²) in [7, 11) is 0. The van der Waals surface area contributed by atoms with E-state index in [2.05, 4.69) is 15.9 Å². The van der Waals surface area contributed by atoms with Crippen molar-refractivity contribution in [1.29, 1.82) is 0 Å². The Hall–Kier alpha value is -1.14. The lowest BCUT2D eigenvalue weighted by atomic mass is 9.97. The highest BCUT2D eigenvalue weighted by Gasteiger charge is 2.25. The molecule has 19 heavy (non-hydrogen) atoms. The maximum Gasteiger partial charge on any atom is 0.306 e.